The fourth-order valence-electron chi connectivity index (χ4n) is 1.59. The first-order valence-electron chi connectivity index (χ1n) is 5.27. The van der Waals surface area contributed by atoms with Crippen LogP contribution in [0.3, 0.4) is 0 Å². The summed E-state index contributed by atoms with van der Waals surface area (Å²) in [6.07, 6.45) is 1.80. The Hall–Kier alpha value is -0.990. The van der Waals surface area contributed by atoms with E-state index in [1.807, 2.05) is 0 Å². The van der Waals surface area contributed by atoms with Crippen molar-refractivity contribution in [3.63, 3.8) is 0 Å². The van der Waals surface area contributed by atoms with E-state index in [1.54, 1.807) is 7.11 Å². The molecule has 1 aliphatic rings. The van der Waals surface area contributed by atoms with E-state index in [-0.39, 0.29) is 5.92 Å². The van der Waals surface area contributed by atoms with E-state index >= 15 is 0 Å². The average molecular weight is 261 g/mol. The number of sulfonamides is 1. The van der Waals surface area contributed by atoms with Crippen molar-refractivity contribution in [3.8, 4) is 0 Å². The maximum Gasteiger partial charge on any atom is 0.232 e. The van der Waals surface area contributed by atoms with Crippen LogP contribution in [0.4, 0.5) is 0 Å². The summed E-state index contributed by atoms with van der Waals surface area (Å²) in [5.41, 5.74) is 0. The zero-order valence-electron chi connectivity index (χ0n) is 9.79. The van der Waals surface area contributed by atoms with Crippen molar-refractivity contribution in [2.75, 3.05) is 33.1 Å². The Kier molecular flexibility index (Phi) is 3.45. The smallest absolute Gasteiger partial charge is 0.232 e. The lowest BCUT2D eigenvalue weighted by Crippen LogP contribution is -2.47. The van der Waals surface area contributed by atoms with E-state index in [4.69, 9.17) is 9.26 Å². The number of methoxy groups -OCH3 is 1. The van der Waals surface area contributed by atoms with Gasteiger partial charge in [-0.25, -0.2) is 12.7 Å². The molecule has 0 N–H and O–H groups in total. The highest BCUT2D eigenvalue weighted by molar-refractivity contribution is 7.88. The molecule has 0 atom stereocenters. The van der Waals surface area contributed by atoms with Gasteiger partial charge in [0.1, 0.15) is 0 Å². The summed E-state index contributed by atoms with van der Waals surface area (Å²) in [6, 6.07) is 0. The summed E-state index contributed by atoms with van der Waals surface area (Å²) >= 11 is 0. The maximum absolute atomic E-state index is 11.2. The number of hydrogen-bond donors (Lipinski definition) is 0. The van der Waals surface area contributed by atoms with Gasteiger partial charge in [-0.2, -0.15) is 4.98 Å². The summed E-state index contributed by atoms with van der Waals surface area (Å²) < 4.78 is 33.7. The number of aromatic nitrogens is 2. The van der Waals surface area contributed by atoms with Crippen LogP contribution in [0.5, 0.6) is 0 Å². The molecule has 0 spiro atoms. The second-order valence-corrected chi connectivity index (χ2v) is 6.05. The van der Waals surface area contributed by atoms with E-state index in [1.165, 1.54) is 10.6 Å². The predicted octanol–water partition coefficient (Wildman–Crippen LogP) is -0.383. The number of hydrogen-bond acceptors (Lipinski definition) is 6. The second kappa shape index (κ2) is 4.71. The molecule has 1 aromatic rings. The minimum Gasteiger partial charge on any atom is -0.384 e. The van der Waals surface area contributed by atoms with Gasteiger partial charge in [-0.15, -0.1) is 0 Å². The van der Waals surface area contributed by atoms with Crippen LogP contribution in [0.15, 0.2) is 4.52 Å². The molecule has 8 heteroatoms. The van der Waals surface area contributed by atoms with Crippen molar-refractivity contribution in [1.29, 1.82) is 0 Å². The van der Waals surface area contributed by atoms with Crippen molar-refractivity contribution >= 4 is 10.0 Å². The zero-order chi connectivity index (χ0) is 12.5. The standard InChI is InChI=1S/C9H15N3O4S/c1-15-4-3-8-10-9(16-11-8)7-5-12(6-7)17(2,13)14/h7H,3-6H2,1-2H3. The predicted molar refractivity (Wildman–Crippen MR) is 59.0 cm³/mol. The first kappa shape index (κ1) is 12.5. The van der Waals surface area contributed by atoms with Crippen molar-refractivity contribution in [1.82, 2.24) is 14.4 Å². The minimum atomic E-state index is -3.09. The first-order chi connectivity index (χ1) is 8.00. The van der Waals surface area contributed by atoms with Gasteiger partial charge in [-0.1, -0.05) is 5.16 Å². The van der Waals surface area contributed by atoms with Crippen LogP contribution in [0.2, 0.25) is 0 Å². The SMILES string of the molecule is COCCc1noc(C2CN(S(C)(=O)=O)C2)n1. The van der Waals surface area contributed by atoms with E-state index in [0.717, 1.165) is 0 Å². The van der Waals surface area contributed by atoms with Gasteiger partial charge in [0, 0.05) is 26.6 Å². The van der Waals surface area contributed by atoms with Gasteiger partial charge in [0.25, 0.3) is 0 Å². The highest BCUT2D eigenvalue weighted by Crippen LogP contribution is 2.27. The lowest BCUT2D eigenvalue weighted by atomic mass is 10.0. The molecule has 7 nitrogen and oxygen atoms in total. The third-order valence-corrected chi connectivity index (χ3v) is 3.92. The monoisotopic (exact) mass is 261 g/mol. The lowest BCUT2D eigenvalue weighted by molar-refractivity contribution is 0.199. The number of ether oxygens (including phenoxy) is 1. The van der Waals surface area contributed by atoms with Crippen LogP contribution in [0.25, 0.3) is 0 Å². The summed E-state index contributed by atoms with van der Waals surface area (Å²) in [6.45, 7) is 1.38. The Morgan fingerprint density at radius 1 is 1.53 bits per heavy atom. The molecule has 17 heavy (non-hydrogen) atoms. The Morgan fingerprint density at radius 3 is 2.82 bits per heavy atom. The molecule has 0 amide bonds. The quantitative estimate of drug-likeness (QED) is 0.718. The van der Waals surface area contributed by atoms with Gasteiger partial charge >= 0.3 is 0 Å². The number of rotatable bonds is 5. The molecule has 0 bridgehead atoms. The highest BCUT2D eigenvalue weighted by Gasteiger charge is 2.37. The van der Waals surface area contributed by atoms with E-state index in [2.05, 4.69) is 10.1 Å². The van der Waals surface area contributed by atoms with Gasteiger partial charge in [-0.3, -0.25) is 0 Å². The fourth-order valence-corrected chi connectivity index (χ4v) is 2.49. The van der Waals surface area contributed by atoms with Crippen LogP contribution < -0.4 is 0 Å². The van der Waals surface area contributed by atoms with Crippen LogP contribution in [0, 0.1) is 0 Å². The third-order valence-electron chi connectivity index (χ3n) is 2.68. The molecular formula is C9H15N3O4S. The highest BCUT2D eigenvalue weighted by atomic mass is 32.2. The van der Waals surface area contributed by atoms with Gasteiger partial charge in [0.15, 0.2) is 5.82 Å². The molecule has 1 fully saturated rings. The lowest BCUT2D eigenvalue weighted by Gasteiger charge is -2.34. The molecule has 1 saturated heterocycles. The van der Waals surface area contributed by atoms with Crippen LogP contribution in [0.1, 0.15) is 17.6 Å². The van der Waals surface area contributed by atoms with Gasteiger partial charge in [0.2, 0.25) is 15.9 Å². The van der Waals surface area contributed by atoms with Crippen molar-refractivity contribution < 1.29 is 17.7 Å². The van der Waals surface area contributed by atoms with Gasteiger partial charge < -0.3 is 9.26 Å². The minimum absolute atomic E-state index is 0.0218. The summed E-state index contributed by atoms with van der Waals surface area (Å²) in [5, 5.41) is 3.81. The molecule has 2 rings (SSSR count). The molecule has 1 aliphatic heterocycles. The van der Waals surface area contributed by atoms with Crippen molar-refractivity contribution in [2.45, 2.75) is 12.3 Å². The maximum atomic E-state index is 11.2. The molecular weight excluding hydrogens is 246 g/mol. The Bertz CT molecular complexity index is 478. The van der Waals surface area contributed by atoms with Gasteiger partial charge in [0.05, 0.1) is 18.8 Å². The Morgan fingerprint density at radius 2 is 2.24 bits per heavy atom. The summed E-state index contributed by atoms with van der Waals surface area (Å²) in [5.74, 6) is 1.13. The van der Waals surface area contributed by atoms with Crippen LogP contribution in [-0.2, 0) is 21.2 Å². The Balaban J connectivity index is 1.91. The summed E-state index contributed by atoms with van der Waals surface area (Å²) in [4.78, 5) is 4.21. The van der Waals surface area contributed by atoms with Crippen molar-refractivity contribution in [3.05, 3.63) is 11.7 Å². The van der Waals surface area contributed by atoms with Crippen LogP contribution >= 0.6 is 0 Å². The third kappa shape index (κ3) is 2.82. The van der Waals surface area contributed by atoms with E-state index in [0.29, 0.717) is 37.8 Å². The molecule has 0 saturated carbocycles. The normalized spacial score (nSPS) is 18.2. The summed E-state index contributed by atoms with van der Waals surface area (Å²) in [7, 11) is -1.48. The molecule has 2 heterocycles. The molecule has 1 aromatic heterocycles. The molecule has 96 valence electrons. The average Bonchev–Trinajstić information content (AvgIpc) is 2.58. The second-order valence-electron chi connectivity index (χ2n) is 4.07. The van der Waals surface area contributed by atoms with Gasteiger partial charge in [-0.05, 0) is 0 Å². The molecule has 0 aromatic carbocycles. The molecule has 0 aliphatic carbocycles. The van der Waals surface area contributed by atoms with E-state index in [9.17, 15) is 8.42 Å². The zero-order valence-corrected chi connectivity index (χ0v) is 10.6. The fraction of sp³-hybridized carbons (Fsp3) is 0.778. The number of nitrogens with zero attached hydrogens (tertiary/aromatic N) is 3. The Labute approximate surface area is 99.8 Å². The first-order valence-corrected chi connectivity index (χ1v) is 7.12. The van der Waals surface area contributed by atoms with E-state index < -0.39 is 10.0 Å². The van der Waals surface area contributed by atoms with Crippen molar-refractivity contribution in [2.24, 2.45) is 0 Å². The molecule has 0 unspecified atom stereocenters. The van der Waals surface area contributed by atoms with Crippen LogP contribution in [-0.4, -0.2) is 55.9 Å². The molecule has 0 radical (unpaired) electrons. The topological polar surface area (TPSA) is 85.5 Å². The largest absolute Gasteiger partial charge is 0.384 e.